The minimum absolute atomic E-state index is 1.06. The van der Waals surface area contributed by atoms with E-state index in [1.54, 1.807) is 7.11 Å². The van der Waals surface area contributed by atoms with Crippen molar-refractivity contribution in [3.05, 3.63) is 25.0 Å². The molecule has 0 aromatic carbocycles. The van der Waals surface area contributed by atoms with Crippen LogP contribution in [-0.4, -0.2) is 13.3 Å². The van der Waals surface area contributed by atoms with Crippen LogP contribution in [0.2, 0.25) is 0 Å². The van der Waals surface area contributed by atoms with Gasteiger partial charge >= 0.3 is 6.18 Å². The summed E-state index contributed by atoms with van der Waals surface area (Å²) in [6.45, 7) is 3.26. The zero-order valence-corrected chi connectivity index (χ0v) is 6.16. The molecule has 0 fully saturated rings. The third kappa shape index (κ3) is 23.1. The van der Waals surface area contributed by atoms with Gasteiger partial charge in [-0.15, -0.1) is 0 Å². The Kier molecular flexibility index (Phi) is 7.47. The molecular formula is C6H7F5O. The van der Waals surface area contributed by atoms with Gasteiger partial charge in [-0.05, 0) is 0 Å². The smallest absolute Gasteiger partial charge is 0.414 e. The van der Waals surface area contributed by atoms with Crippen molar-refractivity contribution in [2.75, 3.05) is 7.11 Å². The van der Waals surface area contributed by atoms with E-state index in [0.29, 0.717) is 0 Å². The SMILES string of the molecule is C=COC.FC(F)=CC(F)(F)F. The highest BCUT2D eigenvalue weighted by Gasteiger charge is 2.24. The predicted molar refractivity (Wildman–Crippen MR) is 33.6 cm³/mol. The fourth-order valence-corrected chi connectivity index (χ4v) is 0.124. The summed E-state index contributed by atoms with van der Waals surface area (Å²) in [5.41, 5.74) is 0. The molecule has 0 saturated heterocycles. The maximum atomic E-state index is 10.8. The standard InChI is InChI=1S/C3HF5.C3H6O/c4-2(5)1-3(6,7)8;1-3-4-2/h1H;3H,1H2,2H3. The second kappa shape index (κ2) is 6.63. The Bertz CT molecular complexity index is 145. The molecule has 0 radical (unpaired) electrons. The fourth-order valence-electron chi connectivity index (χ4n) is 0.124. The molecule has 0 aromatic heterocycles. The highest BCUT2D eigenvalue weighted by Crippen LogP contribution is 2.19. The molecule has 72 valence electrons. The molecule has 0 aliphatic carbocycles. The van der Waals surface area contributed by atoms with Crippen LogP contribution in [0.15, 0.2) is 25.0 Å². The molecule has 0 saturated carbocycles. The Hall–Kier alpha value is -1.07. The van der Waals surface area contributed by atoms with Crippen molar-refractivity contribution >= 4 is 0 Å². The van der Waals surface area contributed by atoms with E-state index in [4.69, 9.17) is 0 Å². The van der Waals surface area contributed by atoms with Gasteiger partial charge in [-0.25, -0.2) is 0 Å². The van der Waals surface area contributed by atoms with E-state index in [-0.39, 0.29) is 0 Å². The number of hydrogen-bond acceptors (Lipinski definition) is 1. The van der Waals surface area contributed by atoms with Crippen LogP contribution in [0.25, 0.3) is 0 Å². The molecule has 0 spiro atoms. The van der Waals surface area contributed by atoms with E-state index < -0.39 is 18.3 Å². The summed E-state index contributed by atoms with van der Waals surface area (Å²) in [6.07, 6.45) is -7.30. The number of allylic oxidation sites excluding steroid dienone is 1. The summed E-state index contributed by atoms with van der Waals surface area (Å²) in [5, 5.41) is 0. The molecule has 0 amide bonds. The van der Waals surface area contributed by atoms with E-state index >= 15 is 0 Å². The Balaban J connectivity index is 0. The number of methoxy groups -OCH3 is 1. The first-order valence-corrected chi connectivity index (χ1v) is 2.57. The average Bonchev–Trinajstić information content (AvgIpc) is 1.83. The van der Waals surface area contributed by atoms with E-state index in [1.165, 1.54) is 6.26 Å². The van der Waals surface area contributed by atoms with Gasteiger partial charge < -0.3 is 4.74 Å². The quantitative estimate of drug-likeness (QED) is 0.456. The second-order valence-corrected chi connectivity index (χ2v) is 1.38. The predicted octanol–water partition coefficient (Wildman–Crippen LogP) is 3.11. The summed E-state index contributed by atoms with van der Waals surface area (Å²) in [4.78, 5) is 0. The monoisotopic (exact) mass is 190 g/mol. The summed E-state index contributed by atoms with van der Waals surface area (Å²) in [7, 11) is 1.56. The fraction of sp³-hybridized carbons (Fsp3) is 0.333. The van der Waals surface area contributed by atoms with E-state index in [1.807, 2.05) is 0 Å². The minimum Gasteiger partial charge on any atom is -0.505 e. The molecule has 6 heteroatoms. The van der Waals surface area contributed by atoms with Gasteiger partial charge in [0, 0.05) is 0 Å². The summed E-state index contributed by atoms with van der Waals surface area (Å²) in [5.74, 6) is 0. The maximum absolute atomic E-state index is 10.8. The summed E-state index contributed by atoms with van der Waals surface area (Å²) in [6, 6.07) is 0. The van der Waals surface area contributed by atoms with Crippen molar-refractivity contribution in [3.63, 3.8) is 0 Å². The van der Waals surface area contributed by atoms with Crippen molar-refractivity contribution < 1.29 is 26.7 Å². The molecule has 1 nitrogen and oxygen atoms in total. The molecule has 0 unspecified atom stereocenters. The van der Waals surface area contributed by atoms with Gasteiger partial charge in [-0.3, -0.25) is 0 Å². The molecule has 0 bridgehead atoms. The number of hydrogen-bond donors (Lipinski definition) is 0. The van der Waals surface area contributed by atoms with Gasteiger partial charge in [0.1, 0.15) is 0 Å². The van der Waals surface area contributed by atoms with Crippen LogP contribution in [-0.2, 0) is 4.74 Å². The number of halogens is 5. The van der Waals surface area contributed by atoms with Crippen molar-refractivity contribution in [2.45, 2.75) is 6.18 Å². The first-order chi connectivity index (χ1) is 5.33. The van der Waals surface area contributed by atoms with Crippen LogP contribution >= 0.6 is 0 Å². The van der Waals surface area contributed by atoms with Gasteiger partial charge in [0.25, 0.3) is 6.08 Å². The molecule has 0 aliphatic heterocycles. The van der Waals surface area contributed by atoms with Gasteiger partial charge in [-0.1, -0.05) is 6.58 Å². The first-order valence-electron chi connectivity index (χ1n) is 2.57. The Labute approximate surface area is 66.1 Å². The topological polar surface area (TPSA) is 9.23 Å². The number of alkyl halides is 3. The molecule has 0 rings (SSSR count). The lowest BCUT2D eigenvalue weighted by atomic mass is 10.6. The van der Waals surface area contributed by atoms with Crippen LogP contribution < -0.4 is 0 Å². The third-order valence-corrected chi connectivity index (χ3v) is 0.439. The van der Waals surface area contributed by atoms with Gasteiger partial charge in [0.2, 0.25) is 0 Å². The molecule has 0 N–H and O–H groups in total. The maximum Gasteiger partial charge on any atom is 0.414 e. The van der Waals surface area contributed by atoms with Crippen LogP contribution in [0.3, 0.4) is 0 Å². The molecular weight excluding hydrogens is 183 g/mol. The van der Waals surface area contributed by atoms with Gasteiger partial charge in [0.05, 0.1) is 19.4 Å². The average molecular weight is 190 g/mol. The number of rotatable bonds is 1. The van der Waals surface area contributed by atoms with E-state index in [9.17, 15) is 22.0 Å². The second-order valence-electron chi connectivity index (χ2n) is 1.38. The van der Waals surface area contributed by atoms with Crippen molar-refractivity contribution in [3.8, 4) is 0 Å². The molecule has 0 heterocycles. The lowest BCUT2D eigenvalue weighted by molar-refractivity contribution is -0.0826. The van der Waals surface area contributed by atoms with Crippen LogP contribution in [0, 0.1) is 0 Å². The minimum atomic E-state index is -4.89. The first kappa shape index (κ1) is 13.5. The lowest BCUT2D eigenvalue weighted by Crippen LogP contribution is -2.00. The van der Waals surface area contributed by atoms with Crippen molar-refractivity contribution in [2.24, 2.45) is 0 Å². The van der Waals surface area contributed by atoms with Crippen LogP contribution in [0.1, 0.15) is 0 Å². The number of ether oxygens (including phenoxy) is 1. The molecule has 0 aliphatic rings. The highest BCUT2D eigenvalue weighted by molar-refractivity contribution is 4.87. The Morgan fingerprint density at radius 3 is 1.67 bits per heavy atom. The summed E-state index contributed by atoms with van der Waals surface area (Å²) >= 11 is 0. The lowest BCUT2D eigenvalue weighted by Gasteiger charge is -1.93. The van der Waals surface area contributed by atoms with Crippen LogP contribution in [0.5, 0.6) is 0 Å². The van der Waals surface area contributed by atoms with Crippen molar-refractivity contribution in [1.29, 1.82) is 0 Å². The third-order valence-electron chi connectivity index (χ3n) is 0.439. The van der Waals surface area contributed by atoms with E-state index in [0.717, 1.165) is 0 Å². The Morgan fingerprint density at radius 2 is 1.67 bits per heavy atom. The Morgan fingerprint density at radius 1 is 1.33 bits per heavy atom. The normalized spacial score (nSPS) is 9.17. The molecule has 0 atom stereocenters. The molecule has 0 aromatic rings. The van der Waals surface area contributed by atoms with Crippen LogP contribution in [0.4, 0.5) is 22.0 Å². The largest absolute Gasteiger partial charge is 0.505 e. The van der Waals surface area contributed by atoms with Gasteiger partial charge in [0.15, 0.2) is 0 Å². The highest BCUT2D eigenvalue weighted by atomic mass is 19.4. The van der Waals surface area contributed by atoms with Crippen molar-refractivity contribution in [1.82, 2.24) is 0 Å². The van der Waals surface area contributed by atoms with Gasteiger partial charge in [-0.2, -0.15) is 22.0 Å². The van der Waals surface area contributed by atoms with E-state index in [2.05, 4.69) is 11.3 Å². The zero-order valence-electron chi connectivity index (χ0n) is 6.16. The zero-order chi connectivity index (χ0) is 10.2. The summed E-state index contributed by atoms with van der Waals surface area (Å²) < 4.78 is 57.9. The molecule has 12 heavy (non-hydrogen) atoms.